The third kappa shape index (κ3) is 3.75. The lowest BCUT2D eigenvalue weighted by Crippen LogP contribution is -1.98. The molecule has 0 unspecified atom stereocenters. The average Bonchev–Trinajstić information content (AvgIpc) is 2.43. The molecule has 0 aliphatic heterocycles. The van der Waals surface area contributed by atoms with Gasteiger partial charge in [0.05, 0.1) is 0 Å². The van der Waals surface area contributed by atoms with E-state index in [-0.39, 0.29) is 5.82 Å². The zero-order valence-electron chi connectivity index (χ0n) is 10.9. The molecule has 0 fully saturated rings. The maximum absolute atomic E-state index is 13.6. The molecule has 0 saturated carbocycles. The second kappa shape index (κ2) is 6.28. The molecule has 19 heavy (non-hydrogen) atoms. The van der Waals surface area contributed by atoms with Gasteiger partial charge in [-0.1, -0.05) is 42.0 Å². The van der Waals surface area contributed by atoms with E-state index in [1.54, 1.807) is 0 Å². The summed E-state index contributed by atoms with van der Waals surface area (Å²) in [6.07, 6.45) is 3.17. The van der Waals surface area contributed by atoms with E-state index in [0.717, 1.165) is 18.1 Å². The highest BCUT2D eigenvalue weighted by atomic mass is 19.1. The van der Waals surface area contributed by atoms with Gasteiger partial charge in [0.25, 0.3) is 0 Å². The fourth-order valence-electron chi connectivity index (χ4n) is 2.05. The van der Waals surface area contributed by atoms with Crippen molar-refractivity contribution in [3.63, 3.8) is 0 Å². The summed E-state index contributed by atoms with van der Waals surface area (Å²) in [4.78, 5) is 0. The van der Waals surface area contributed by atoms with Crippen molar-refractivity contribution in [1.82, 2.24) is 0 Å². The molecule has 2 rings (SSSR count). The van der Waals surface area contributed by atoms with Crippen molar-refractivity contribution in [3.05, 3.63) is 82.9 Å². The third-order valence-electron chi connectivity index (χ3n) is 3.11. The van der Waals surface area contributed by atoms with Gasteiger partial charge in [0.2, 0.25) is 0 Å². The SMILES string of the molecule is CC=C(Cc1ccccc1)Cc1cc(F)ccc1F. The standard InChI is InChI=1S/C17H16F2/c1-2-13(10-14-6-4-3-5-7-14)11-15-12-16(18)8-9-17(15)19/h2-9,12H,10-11H2,1H3. The van der Waals surface area contributed by atoms with E-state index in [2.05, 4.69) is 0 Å². The van der Waals surface area contributed by atoms with Crippen LogP contribution in [0.3, 0.4) is 0 Å². The molecular formula is C17H16F2. The van der Waals surface area contributed by atoms with Crippen molar-refractivity contribution in [2.45, 2.75) is 19.8 Å². The maximum atomic E-state index is 13.6. The van der Waals surface area contributed by atoms with Crippen molar-refractivity contribution in [2.75, 3.05) is 0 Å². The summed E-state index contributed by atoms with van der Waals surface area (Å²) >= 11 is 0. The Morgan fingerprint density at radius 2 is 1.74 bits per heavy atom. The molecule has 2 aromatic carbocycles. The van der Waals surface area contributed by atoms with Crippen LogP contribution in [0.4, 0.5) is 8.78 Å². The van der Waals surface area contributed by atoms with Crippen LogP contribution in [0.15, 0.2) is 60.2 Å². The quantitative estimate of drug-likeness (QED) is 0.697. The van der Waals surface area contributed by atoms with Gasteiger partial charge >= 0.3 is 0 Å². The first-order valence-corrected chi connectivity index (χ1v) is 6.31. The van der Waals surface area contributed by atoms with Crippen LogP contribution in [0.2, 0.25) is 0 Å². The van der Waals surface area contributed by atoms with Gasteiger partial charge in [0.1, 0.15) is 11.6 Å². The molecule has 0 saturated heterocycles. The predicted octanol–water partition coefficient (Wildman–Crippen LogP) is 4.70. The zero-order chi connectivity index (χ0) is 13.7. The van der Waals surface area contributed by atoms with Crippen molar-refractivity contribution in [1.29, 1.82) is 0 Å². The van der Waals surface area contributed by atoms with Crippen LogP contribution in [0.1, 0.15) is 18.1 Å². The van der Waals surface area contributed by atoms with Gasteiger partial charge in [0, 0.05) is 0 Å². The molecule has 0 radical (unpaired) electrons. The van der Waals surface area contributed by atoms with E-state index in [1.807, 2.05) is 43.3 Å². The van der Waals surface area contributed by atoms with Crippen LogP contribution in [0.25, 0.3) is 0 Å². The van der Waals surface area contributed by atoms with Crippen molar-refractivity contribution in [3.8, 4) is 0 Å². The minimum absolute atomic E-state index is 0.353. The Labute approximate surface area is 112 Å². The van der Waals surface area contributed by atoms with Gasteiger partial charge in [0.15, 0.2) is 0 Å². The molecule has 0 spiro atoms. The number of hydrogen-bond donors (Lipinski definition) is 0. The second-order valence-corrected chi connectivity index (χ2v) is 4.52. The molecule has 0 aliphatic rings. The van der Waals surface area contributed by atoms with Gasteiger partial charge in [-0.25, -0.2) is 8.78 Å². The highest BCUT2D eigenvalue weighted by molar-refractivity contribution is 5.28. The molecule has 0 atom stereocenters. The summed E-state index contributed by atoms with van der Waals surface area (Å²) in [6.45, 7) is 1.93. The minimum atomic E-state index is -0.397. The number of rotatable bonds is 4. The van der Waals surface area contributed by atoms with Crippen molar-refractivity contribution >= 4 is 0 Å². The molecule has 0 amide bonds. The van der Waals surface area contributed by atoms with Crippen LogP contribution >= 0.6 is 0 Å². The highest BCUT2D eigenvalue weighted by Gasteiger charge is 2.07. The maximum Gasteiger partial charge on any atom is 0.126 e. The van der Waals surface area contributed by atoms with E-state index < -0.39 is 5.82 Å². The molecule has 0 nitrogen and oxygen atoms in total. The molecule has 0 aromatic heterocycles. The summed E-state index contributed by atoms with van der Waals surface area (Å²) in [5.41, 5.74) is 2.66. The monoisotopic (exact) mass is 258 g/mol. The third-order valence-corrected chi connectivity index (χ3v) is 3.11. The first kappa shape index (κ1) is 13.5. The lowest BCUT2D eigenvalue weighted by Gasteiger charge is -2.09. The first-order chi connectivity index (χ1) is 9.19. The first-order valence-electron chi connectivity index (χ1n) is 6.31. The zero-order valence-corrected chi connectivity index (χ0v) is 10.9. The Morgan fingerprint density at radius 3 is 2.42 bits per heavy atom. The van der Waals surface area contributed by atoms with Gasteiger partial charge in [-0.15, -0.1) is 0 Å². The van der Waals surface area contributed by atoms with Crippen LogP contribution in [0.5, 0.6) is 0 Å². The van der Waals surface area contributed by atoms with E-state index in [1.165, 1.54) is 17.7 Å². The van der Waals surface area contributed by atoms with E-state index in [0.29, 0.717) is 12.0 Å². The van der Waals surface area contributed by atoms with Crippen LogP contribution < -0.4 is 0 Å². The molecule has 0 bridgehead atoms. The number of allylic oxidation sites excluding steroid dienone is 2. The second-order valence-electron chi connectivity index (χ2n) is 4.52. The smallest absolute Gasteiger partial charge is 0.126 e. The van der Waals surface area contributed by atoms with Crippen molar-refractivity contribution in [2.24, 2.45) is 0 Å². The molecular weight excluding hydrogens is 242 g/mol. The van der Waals surface area contributed by atoms with Crippen LogP contribution in [-0.2, 0) is 12.8 Å². The summed E-state index contributed by atoms with van der Waals surface area (Å²) in [6, 6.07) is 13.6. The Morgan fingerprint density at radius 1 is 1.00 bits per heavy atom. The Kier molecular flexibility index (Phi) is 4.45. The molecule has 0 N–H and O–H groups in total. The van der Waals surface area contributed by atoms with Gasteiger partial charge in [-0.05, 0) is 49.1 Å². The fourth-order valence-corrected chi connectivity index (χ4v) is 2.05. The molecule has 98 valence electrons. The van der Waals surface area contributed by atoms with E-state index >= 15 is 0 Å². The number of halogens is 2. The van der Waals surface area contributed by atoms with Gasteiger partial charge < -0.3 is 0 Å². The predicted molar refractivity (Wildman–Crippen MR) is 74.0 cm³/mol. The Balaban J connectivity index is 2.14. The Bertz CT molecular complexity index is 571. The van der Waals surface area contributed by atoms with Gasteiger partial charge in [-0.2, -0.15) is 0 Å². The lowest BCUT2D eigenvalue weighted by atomic mass is 9.98. The molecule has 0 heterocycles. The molecule has 0 aliphatic carbocycles. The molecule has 2 aromatic rings. The van der Waals surface area contributed by atoms with E-state index in [9.17, 15) is 8.78 Å². The van der Waals surface area contributed by atoms with Crippen LogP contribution in [-0.4, -0.2) is 0 Å². The van der Waals surface area contributed by atoms with E-state index in [4.69, 9.17) is 0 Å². The number of hydrogen-bond acceptors (Lipinski definition) is 0. The summed E-state index contributed by atoms with van der Waals surface area (Å²) in [5.74, 6) is -0.750. The normalized spacial score (nSPS) is 11.6. The fraction of sp³-hybridized carbons (Fsp3) is 0.176. The highest BCUT2D eigenvalue weighted by Crippen LogP contribution is 2.17. The minimum Gasteiger partial charge on any atom is -0.207 e. The largest absolute Gasteiger partial charge is 0.207 e. The van der Waals surface area contributed by atoms with Crippen molar-refractivity contribution < 1.29 is 8.78 Å². The van der Waals surface area contributed by atoms with Gasteiger partial charge in [-0.3, -0.25) is 0 Å². The number of benzene rings is 2. The topological polar surface area (TPSA) is 0 Å². The Hall–Kier alpha value is -1.96. The summed E-state index contributed by atoms with van der Waals surface area (Å²) in [5, 5.41) is 0. The van der Waals surface area contributed by atoms with Crippen LogP contribution in [0, 0.1) is 11.6 Å². The lowest BCUT2D eigenvalue weighted by molar-refractivity contribution is 0.587. The average molecular weight is 258 g/mol. The summed E-state index contributed by atoms with van der Waals surface area (Å²) < 4.78 is 26.8. The summed E-state index contributed by atoms with van der Waals surface area (Å²) in [7, 11) is 0. The molecule has 2 heteroatoms.